The predicted octanol–water partition coefficient (Wildman–Crippen LogP) is 3.40. The normalized spacial score (nSPS) is 15.4. The second-order valence-corrected chi connectivity index (χ2v) is 7.92. The first kappa shape index (κ1) is 16.5. The van der Waals surface area contributed by atoms with Crippen LogP contribution < -0.4 is 0 Å². The van der Waals surface area contributed by atoms with Crippen LogP contribution in [0.4, 0.5) is 0 Å². The Kier molecular flexibility index (Phi) is 6.30. The summed E-state index contributed by atoms with van der Waals surface area (Å²) < 4.78 is 28.3. The van der Waals surface area contributed by atoms with Gasteiger partial charge in [-0.15, -0.1) is 0 Å². The van der Waals surface area contributed by atoms with Crippen molar-refractivity contribution in [3.05, 3.63) is 35.9 Å². The van der Waals surface area contributed by atoms with Crippen molar-refractivity contribution in [2.45, 2.75) is 32.8 Å². The lowest BCUT2D eigenvalue weighted by atomic mass is 10.0. The number of benzene rings is 1. The van der Waals surface area contributed by atoms with Crippen molar-refractivity contribution in [2.24, 2.45) is 5.92 Å². The summed E-state index contributed by atoms with van der Waals surface area (Å²) in [5.74, 6) is 0.0533. The molecule has 0 radical (unpaired) electrons. The maximum atomic E-state index is 11.3. The van der Waals surface area contributed by atoms with Gasteiger partial charge in [-0.3, -0.25) is 0 Å². The molecule has 0 saturated heterocycles. The van der Waals surface area contributed by atoms with Gasteiger partial charge >= 0.3 is 0 Å². The smallest absolute Gasteiger partial charge is 0.233 e. The van der Waals surface area contributed by atoms with Crippen molar-refractivity contribution in [3.8, 4) is 0 Å². The third-order valence-corrected chi connectivity index (χ3v) is 4.35. The van der Waals surface area contributed by atoms with Gasteiger partial charge in [-0.25, -0.2) is 8.42 Å². The molecule has 0 aromatic heterocycles. The molecule has 0 heterocycles. The minimum atomic E-state index is -3.55. The minimum Gasteiger partial charge on any atom is -0.378 e. The standard InChI is InChI=1S/C14H21ClO3S/c1-11(2)12(3)18-9-14(10-19(15,16)17)13-7-5-4-6-8-13/h4-8,11-12,14H,9-10H2,1-3H3. The van der Waals surface area contributed by atoms with Crippen LogP contribution in [0, 0.1) is 5.92 Å². The van der Waals surface area contributed by atoms with Gasteiger partial charge in [-0.05, 0) is 18.4 Å². The molecule has 1 aromatic carbocycles. The first-order chi connectivity index (χ1) is 8.79. The summed E-state index contributed by atoms with van der Waals surface area (Å²) in [5, 5.41) is 0. The molecule has 0 spiro atoms. The van der Waals surface area contributed by atoms with Crippen LogP contribution in [0.2, 0.25) is 0 Å². The fraction of sp³-hybridized carbons (Fsp3) is 0.571. The van der Waals surface area contributed by atoms with Gasteiger partial charge in [-0.2, -0.15) is 0 Å². The van der Waals surface area contributed by atoms with E-state index in [2.05, 4.69) is 13.8 Å². The molecule has 5 heteroatoms. The number of ether oxygens (including phenoxy) is 1. The molecule has 0 aliphatic rings. The molecule has 0 bridgehead atoms. The first-order valence-electron chi connectivity index (χ1n) is 6.38. The van der Waals surface area contributed by atoms with Gasteiger partial charge in [0.15, 0.2) is 0 Å². The van der Waals surface area contributed by atoms with Crippen LogP contribution in [0.1, 0.15) is 32.3 Å². The van der Waals surface area contributed by atoms with Crippen LogP contribution in [0.5, 0.6) is 0 Å². The van der Waals surface area contributed by atoms with Crippen LogP contribution in [0.3, 0.4) is 0 Å². The quantitative estimate of drug-likeness (QED) is 0.725. The van der Waals surface area contributed by atoms with Crippen molar-refractivity contribution < 1.29 is 13.2 Å². The number of hydrogen-bond acceptors (Lipinski definition) is 3. The van der Waals surface area contributed by atoms with E-state index in [0.29, 0.717) is 12.5 Å². The average molecular weight is 305 g/mol. The maximum Gasteiger partial charge on any atom is 0.233 e. The van der Waals surface area contributed by atoms with Gasteiger partial charge in [0.2, 0.25) is 9.05 Å². The Hall–Kier alpha value is -0.580. The van der Waals surface area contributed by atoms with E-state index in [0.717, 1.165) is 5.56 Å². The van der Waals surface area contributed by atoms with Gasteiger partial charge in [0, 0.05) is 16.6 Å². The lowest BCUT2D eigenvalue weighted by molar-refractivity contribution is 0.0291. The lowest BCUT2D eigenvalue weighted by Crippen LogP contribution is -2.22. The molecular formula is C14H21ClO3S. The highest BCUT2D eigenvalue weighted by Crippen LogP contribution is 2.21. The molecule has 19 heavy (non-hydrogen) atoms. The Morgan fingerprint density at radius 2 is 1.74 bits per heavy atom. The number of rotatable bonds is 7. The van der Waals surface area contributed by atoms with Gasteiger partial charge in [0.25, 0.3) is 0 Å². The van der Waals surface area contributed by atoms with Gasteiger partial charge in [0.05, 0.1) is 18.5 Å². The van der Waals surface area contributed by atoms with E-state index >= 15 is 0 Å². The van der Waals surface area contributed by atoms with Crippen molar-refractivity contribution in [2.75, 3.05) is 12.4 Å². The molecule has 1 aromatic rings. The van der Waals surface area contributed by atoms with Gasteiger partial charge in [-0.1, -0.05) is 44.2 Å². The van der Waals surface area contributed by atoms with E-state index in [1.165, 1.54) is 0 Å². The molecule has 108 valence electrons. The SMILES string of the molecule is CC(C)C(C)OCC(CS(=O)(=O)Cl)c1ccccc1. The molecule has 2 unspecified atom stereocenters. The van der Waals surface area contributed by atoms with E-state index in [-0.39, 0.29) is 17.8 Å². The summed E-state index contributed by atoms with van der Waals surface area (Å²) in [6.07, 6.45) is 0.0873. The second-order valence-electron chi connectivity index (χ2n) is 5.10. The Morgan fingerprint density at radius 1 is 1.16 bits per heavy atom. The van der Waals surface area contributed by atoms with E-state index < -0.39 is 9.05 Å². The van der Waals surface area contributed by atoms with Gasteiger partial charge < -0.3 is 4.74 Å². The van der Waals surface area contributed by atoms with E-state index in [1.54, 1.807) is 0 Å². The zero-order chi connectivity index (χ0) is 14.5. The Balaban J connectivity index is 2.76. The summed E-state index contributed by atoms with van der Waals surface area (Å²) in [4.78, 5) is 0. The number of hydrogen-bond donors (Lipinski definition) is 0. The summed E-state index contributed by atoms with van der Waals surface area (Å²) in [7, 11) is 1.82. The second kappa shape index (κ2) is 7.27. The van der Waals surface area contributed by atoms with E-state index in [1.807, 2.05) is 37.3 Å². The van der Waals surface area contributed by atoms with Crippen LogP contribution in [-0.4, -0.2) is 26.9 Å². The van der Waals surface area contributed by atoms with Crippen LogP contribution >= 0.6 is 10.7 Å². The average Bonchev–Trinajstić information content (AvgIpc) is 2.33. The fourth-order valence-electron chi connectivity index (χ4n) is 1.67. The van der Waals surface area contributed by atoms with Crippen molar-refractivity contribution in [3.63, 3.8) is 0 Å². The Bertz CT molecular complexity index is 471. The third kappa shape index (κ3) is 6.41. The summed E-state index contributed by atoms with van der Waals surface area (Å²) in [5.41, 5.74) is 0.933. The minimum absolute atomic E-state index is 0.0873. The zero-order valence-electron chi connectivity index (χ0n) is 11.5. The molecule has 0 aliphatic heterocycles. The maximum absolute atomic E-state index is 11.3. The monoisotopic (exact) mass is 304 g/mol. The first-order valence-corrected chi connectivity index (χ1v) is 8.86. The molecule has 1 rings (SSSR count). The number of halogens is 1. The summed E-state index contributed by atoms with van der Waals surface area (Å²) in [6.45, 7) is 6.48. The molecular weight excluding hydrogens is 284 g/mol. The molecule has 0 aliphatic carbocycles. The molecule has 2 atom stereocenters. The lowest BCUT2D eigenvalue weighted by Gasteiger charge is -2.21. The van der Waals surface area contributed by atoms with E-state index in [9.17, 15) is 8.42 Å². The van der Waals surface area contributed by atoms with Crippen LogP contribution in [-0.2, 0) is 13.8 Å². The predicted molar refractivity (Wildman–Crippen MR) is 79.1 cm³/mol. The molecule has 0 amide bonds. The fourth-order valence-corrected chi connectivity index (χ4v) is 2.89. The molecule has 3 nitrogen and oxygen atoms in total. The molecule has 0 fully saturated rings. The van der Waals surface area contributed by atoms with Gasteiger partial charge in [0.1, 0.15) is 0 Å². The zero-order valence-corrected chi connectivity index (χ0v) is 13.1. The van der Waals surface area contributed by atoms with E-state index in [4.69, 9.17) is 15.4 Å². The van der Waals surface area contributed by atoms with Crippen molar-refractivity contribution in [1.29, 1.82) is 0 Å². The van der Waals surface area contributed by atoms with Crippen molar-refractivity contribution in [1.82, 2.24) is 0 Å². The summed E-state index contributed by atoms with van der Waals surface area (Å²) >= 11 is 0. The highest BCUT2D eigenvalue weighted by Gasteiger charge is 2.20. The van der Waals surface area contributed by atoms with Crippen LogP contribution in [0.15, 0.2) is 30.3 Å². The molecule has 0 N–H and O–H groups in total. The summed E-state index contributed by atoms with van der Waals surface area (Å²) in [6, 6.07) is 9.46. The van der Waals surface area contributed by atoms with Crippen molar-refractivity contribution >= 4 is 19.7 Å². The topological polar surface area (TPSA) is 43.4 Å². The Labute approximate surface area is 120 Å². The highest BCUT2D eigenvalue weighted by atomic mass is 35.7. The largest absolute Gasteiger partial charge is 0.378 e. The Morgan fingerprint density at radius 3 is 2.21 bits per heavy atom. The highest BCUT2D eigenvalue weighted by molar-refractivity contribution is 8.13. The molecule has 0 saturated carbocycles. The van der Waals surface area contributed by atoms with Crippen LogP contribution in [0.25, 0.3) is 0 Å². The third-order valence-electron chi connectivity index (χ3n) is 3.17.